The van der Waals surface area contributed by atoms with E-state index in [2.05, 4.69) is 20.7 Å². The Labute approximate surface area is 172 Å². The van der Waals surface area contributed by atoms with Crippen molar-refractivity contribution in [3.63, 3.8) is 0 Å². The number of aryl methyl sites for hydroxylation is 1. The molecule has 1 aliphatic rings. The summed E-state index contributed by atoms with van der Waals surface area (Å²) in [4.78, 5) is 29.7. The van der Waals surface area contributed by atoms with Crippen molar-refractivity contribution in [1.29, 1.82) is 0 Å². The highest BCUT2D eigenvalue weighted by atomic mass is 16.5. The summed E-state index contributed by atoms with van der Waals surface area (Å²) in [6.07, 6.45) is 1.49. The van der Waals surface area contributed by atoms with Crippen LogP contribution in [-0.2, 0) is 16.1 Å². The summed E-state index contributed by atoms with van der Waals surface area (Å²) in [5.74, 6) is 1.10. The van der Waals surface area contributed by atoms with Gasteiger partial charge in [-0.05, 0) is 26.0 Å². The Balaban J connectivity index is 1.79. The fourth-order valence-electron chi connectivity index (χ4n) is 3.38. The molecule has 154 valence electrons. The molecule has 9 nitrogen and oxygen atoms in total. The second kappa shape index (κ2) is 8.24. The van der Waals surface area contributed by atoms with Crippen LogP contribution in [0.2, 0.25) is 0 Å². The highest BCUT2D eigenvalue weighted by Gasteiger charge is 2.35. The molecule has 0 bridgehead atoms. The van der Waals surface area contributed by atoms with Crippen LogP contribution in [0.3, 0.4) is 0 Å². The lowest BCUT2D eigenvalue weighted by Gasteiger charge is -2.28. The van der Waals surface area contributed by atoms with Crippen molar-refractivity contribution < 1.29 is 18.7 Å². The molecule has 2 N–H and O–H groups in total. The van der Waals surface area contributed by atoms with Gasteiger partial charge < -0.3 is 19.8 Å². The van der Waals surface area contributed by atoms with E-state index in [-0.39, 0.29) is 18.7 Å². The SMILES string of the molecule is CCOC(=O)C1=C(Cn2nc(C)nc2-c2ccccc2)NC(=O)NC1c1ccco1. The average molecular weight is 407 g/mol. The summed E-state index contributed by atoms with van der Waals surface area (Å²) in [6.45, 7) is 3.84. The zero-order valence-corrected chi connectivity index (χ0v) is 16.6. The number of furan rings is 1. The van der Waals surface area contributed by atoms with E-state index in [1.807, 2.05) is 30.3 Å². The first-order chi connectivity index (χ1) is 14.6. The van der Waals surface area contributed by atoms with Gasteiger partial charge >= 0.3 is 12.0 Å². The van der Waals surface area contributed by atoms with Gasteiger partial charge in [-0.2, -0.15) is 5.10 Å². The first-order valence-corrected chi connectivity index (χ1v) is 9.54. The van der Waals surface area contributed by atoms with Gasteiger partial charge in [0.2, 0.25) is 0 Å². The standard InChI is InChI=1S/C21H21N5O4/c1-3-29-20(27)17-15(23-21(28)24-18(17)16-10-7-11-30-16)12-26-19(22-13(2)25-26)14-8-5-4-6-9-14/h4-11,18H,3,12H2,1-2H3,(H2,23,24,28). The molecule has 0 saturated carbocycles. The number of nitrogens with zero attached hydrogens (tertiary/aromatic N) is 3. The van der Waals surface area contributed by atoms with Crippen LogP contribution in [0.1, 0.15) is 24.6 Å². The normalized spacial score (nSPS) is 16.2. The predicted octanol–water partition coefficient (Wildman–Crippen LogP) is 2.72. The fraction of sp³-hybridized carbons (Fsp3) is 0.238. The third-order valence-electron chi connectivity index (χ3n) is 4.59. The number of urea groups is 1. The van der Waals surface area contributed by atoms with Crippen LogP contribution < -0.4 is 10.6 Å². The molecule has 0 spiro atoms. The molecule has 30 heavy (non-hydrogen) atoms. The Morgan fingerprint density at radius 1 is 1.23 bits per heavy atom. The number of hydrogen-bond donors (Lipinski definition) is 2. The largest absolute Gasteiger partial charge is 0.467 e. The van der Waals surface area contributed by atoms with Crippen LogP contribution in [0.25, 0.3) is 11.4 Å². The van der Waals surface area contributed by atoms with Crippen molar-refractivity contribution in [2.75, 3.05) is 6.61 Å². The number of carbonyl (C=O) groups excluding carboxylic acids is 2. The summed E-state index contributed by atoms with van der Waals surface area (Å²) in [5.41, 5.74) is 1.51. The number of aromatic nitrogens is 3. The molecular weight excluding hydrogens is 386 g/mol. The smallest absolute Gasteiger partial charge is 0.338 e. The lowest BCUT2D eigenvalue weighted by molar-refractivity contribution is -0.139. The number of nitrogens with one attached hydrogen (secondary N) is 2. The second-order valence-corrected chi connectivity index (χ2v) is 6.67. The Morgan fingerprint density at radius 3 is 2.73 bits per heavy atom. The molecule has 2 aromatic heterocycles. The van der Waals surface area contributed by atoms with Gasteiger partial charge in [0.05, 0.1) is 30.7 Å². The van der Waals surface area contributed by atoms with Gasteiger partial charge in [-0.15, -0.1) is 0 Å². The molecule has 0 aliphatic carbocycles. The minimum Gasteiger partial charge on any atom is -0.467 e. The minimum atomic E-state index is -0.771. The van der Waals surface area contributed by atoms with E-state index in [1.54, 1.807) is 30.7 Å². The Hall–Kier alpha value is -3.88. The molecule has 1 unspecified atom stereocenters. The average Bonchev–Trinajstić information content (AvgIpc) is 3.38. The highest BCUT2D eigenvalue weighted by Crippen LogP contribution is 2.29. The Bertz CT molecular complexity index is 1090. The first kappa shape index (κ1) is 19.4. The van der Waals surface area contributed by atoms with Crippen LogP contribution in [0.4, 0.5) is 4.79 Å². The maximum absolute atomic E-state index is 12.8. The number of benzene rings is 1. The highest BCUT2D eigenvalue weighted by molar-refractivity contribution is 5.95. The van der Waals surface area contributed by atoms with Crippen molar-refractivity contribution in [1.82, 2.24) is 25.4 Å². The van der Waals surface area contributed by atoms with Gasteiger partial charge in [0.1, 0.15) is 17.6 Å². The molecule has 0 radical (unpaired) electrons. The van der Waals surface area contributed by atoms with E-state index < -0.39 is 18.0 Å². The fourth-order valence-corrected chi connectivity index (χ4v) is 3.38. The number of esters is 1. The third kappa shape index (κ3) is 3.82. The van der Waals surface area contributed by atoms with E-state index in [0.717, 1.165) is 5.56 Å². The lowest BCUT2D eigenvalue weighted by atomic mass is 10.00. The van der Waals surface area contributed by atoms with Gasteiger partial charge in [-0.25, -0.2) is 19.3 Å². The number of rotatable bonds is 6. The van der Waals surface area contributed by atoms with Crippen molar-refractivity contribution in [2.24, 2.45) is 0 Å². The van der Waals surface area contributed by atoms with Crippen molar-refractivity contribution in [2.45, 2.75) is 26.4 Å². The quantitative estimate of drug-likeness (QED) is 0.608. The maximum atomic E-state index is 12.8. The minimum absolute atomic E-state index is 0.129. The van der Waals surface area contributed by atoms with Crippen LogP contribution in [0.5, 0.6) is 0 Å². The van der Waals surface area contributed by atoms with Crippen LogP contribution in [0.15, 0.2) is 64.4 Å². The van der Waals surface area contributed by atoms with Crippen LogP contribution >= 0.6 is 0 Å². The number of ether oxygens (including phenoxy) is 1. The molecule has 2 amide bonds. The number of allylic oxidation sites excluding steroid dienone is 1. The van der Waals surface area contributed by atoms with Crippen molar-refractivity contribution in [3.05, 3.63) is 71.6 Å². The molecule has 3 aromatic rings. The monoisotopic (exact) mass is 407 g/mol. The van der Waals surface area contributed by atoms with E-state index in [9.17, 15) is 9.59 Å². The number of hydrogen-bond acceptors (Lipinski definition) is 6. The van der Waals surface area contributed by atoms with Crippen molar-refractivity contribution in [3.8, 4) is 11.4 Å². The Kier molecular flexibility index (Phi) is 5.34. The maximum Gasteiger partial charge on any atom is 0.338 e. The zero-order valence-electron chi connectivity index (χ0n) is 16.6. The molecular formula is C21H21N5O4. The van der Waals surface area contributed by atoms with E-state index >= 15 is 0 Å². The second-order valence-electron chi connectivity index (χ2n) is 6.67. The molecule has 9 heteroatoms. The summed E-state index contributed by atoms with van der Waals surface area (Å²) in [5, 5.41) is 9.92. The van der Waals surface area contributed by atoms with Gasteiger partial charge in [0, 0.05) is 5.56 Å². The molecule has 4 rings (SSSR count). The number of carbonyl (C=O) groups is 2. The zero-order chi connectivity index (χ0) is 21.1. The molecule has 0 fully saturated rings. The van der Waals surface area contributed by atoms with Crippen molar-refractivity contribution >= 4 is 12.0 Å². The molecule has 1 aromatic carbocycles. The van der Waals surface area contributed by atoms with Gasteiger partial charge in [-0.3, -0.25) is 0 Å². The summed E-state index contributed by atoms with van der Waals surface area (Å²) in [7, 11) is 0. The predicted molar refractivity (Wildman–Crippen MR) is 107 cm³/mol. The van der Waals surface area contributed by atoms with E-state index in [1.165, 1.54) is 6.26 Å². The topological polar surface area (TPSA) is 111 Å². The van der Waals surface area contributed by atoms with E-state index in [4.69, 9.17) is 9.15 Å². The van der Waals surface area contributed by atoms with E-state index in [0.29, 0.717) is 23.1 Å². The third-order valence-corrected chi connectivity index (χ3v) is 4.59. The van der Waals surface area contributed by atoms with Crippen LogP contribution in [-0.4, -0.2) is 33.4 Å². The summed E-state index contributed by atoms with van der Waals surface area (Å²) >= 11 is 0. The van der Waals surface area contributed by atoms with Gasteiger partial charge in [-0.1, -0.05) is 30.3 Å². The first-order valence-electron chi connectivity index (χ1n) is 9.54. The summed E-state index contributed by atoms with van der Waals surface area (Å²) < 4.78 is 12.4. The Morgan fingerprint density at radius 2 is 2.03 bits per heavy atom. The lowest BCUT2D eigenvalue weighted by Crippen LogP contribution is -2.46. The molecule has 1 atom stereocenters. The van der Waals surface area contributed by atoms with Gasteiger partial charge in [0.25, 0.3) is 0 Å². The summed E-state index contributed by atoms with van der Waals surface area (Å²) in [6, 6.07) is 11.8. The van der Waals surface area contributed by atoms with Gasteiger partial charge in [0.15, 0.2) is 5.82 Å². The molecule has 1 aliphatic heterocycles. The molecule has 3 heterocycles. The number of amides is 2. The molecule has 0 saturated heterocycles. The van der Waals surface area contributed by atoms with Crippen LogP contribution in [0, 0.1) is 6.92 Å².